The molecule has 53 heavy (non-hydrogen) atoms. The standard InChI is InChI=1S/C43H55F3O7/c1-3-4-5-12-15-39(43(44,45)46)53-41(48)36-22-26-38(27-23-36)52-40(47)35-18-16-33(17-19-35)34-20-24-37(25-21-34)51-29-14-11-9-7-6-8-10-13-28-49-30-42(2)31-50-32-42/h16-27,39H,3-15,28-32H2,1-2H3/t39-/m0/s1. The van der Waals surface area contributed by atoms with Gasteiger partial charge in [-0.1, -0.05) is 95.9 Å². The predicted molar refractivity (Wildman–Crippen MR) is 199 cm³/mol. The number of hydrogen-bond acceptors (Lipinski definition) is 7. The number of alkyl halides is 3. The van der Waals surface area contributed by atoms with Crippen molar-refractivity contribution >= 4 is 11.9 Å². The van der Waals surface area contributed by atoms with Gasteiger partial charge in [-0.05, 0) is 85.3 Å². The molecule has 0 radical (unpaired) electrons. The molecule has 10 heteroatoms. The molecule has 0 aromatic heterocycles. The molecule has 7 nitrogen and oxygen atoms in total. The molecule has 0 N–H and O–H groups in total. The quantitative estimate of drug-likeness (QED) is 0.0514. The number of carbonyl (C=O) groups is 2. The molecule has 1 aliphatic rings. The lowest BCUT2D eigenvalue weighted by Gasteiger charge is -2.37. The van der Waals surface area contributed by atoms with E-state index < -0.39 is 24.2 Å². The van der Waals surface area contributed by atoms with Crippen LogP contribution >= 0.6 is 0 Å². The maximum Gasteiger partial charge on any atom is 0.425 e. The van der Waals surface area contributed by atoms with E-state index in [4.69, 9.17) is 23.7 Å². The van der Waals surface area contributed by atoms with Gasteiger partial charge in [0.2, 0.25) is 0 Å². The molecular formula is C43H55F3O7. The summed E-state index contributed by atoms with van der Waals surface area (Å²) in [5, 5.41) is 0. The topological polar surface area (TPSA) is 80.3 Å². The summed E-state index contributed by atoms with van der Waals surface area (Å²) in [6.07, 6.45) is 5.11. The van der Waals surface area contributed by atoms with Crippen LogP contribution in [0.2, 0.25) is 0 Å². The molecule has 3 aromatic rings. The molecule has 1 atom stereocenters. The maximum absolute atomic E-state index is 13.4. The van der Waals surface area contributed by atoms with Crippen LogP contribution in [0.15, 0.2) is 72.8 Å². The molecule has 1 aliphatic heterocycles. The van der Waals surface area contributed by atoms with E-state index in [1.807, 2.05) is 43.3 Å². The van der Waals surface area contributed by atoms with E-state index >= 15 is 0 Å². The predicted octanol–water partition coefficient (Wildman–Crippen LogP) is 11.2. The van der Waals surface area contributed by atoms with Gasteiger partial charge in [0, 0.05) is 12.0 Å². The van der Waals surface area contributed by atoms with Crippen LogP contribution in [0.1, 0.15) is 118 Å². The highest BCUT2D eigenvalue weighted by molar-refractivity contribution is 5.92. The minimum absolute atomic E-state index is 0.0619. The van der Waals surface area contributed by atoms with E-state index in [0.717, 1.165) is 75.4 Å². The van der Waals surface area contributed by atoms with E-state index in [1.165, 1.54) is 56.4 Å². The van der Waals surface area contributed by atoms with Crippen molar-refractivity contribution < 1.29 is 46.4 Å². The van der Waals surface area contributed by atoms with Crippen LogP contribution < -0.4 is 9.47 Å². The van der Waals surface area contributed by atoms with Crippen LogP contribution in [0.4, 0.5) is 13.2 Å². The first-order chi connectivity index (χ1) is 25.6. The Morgan fingerprint density at radius 3 is 1.75 bits per heavy atom. The Bertz CT molecular complexity index is 1500. The molecule has 0 amide bonds. The first-order valence-corrected chi connectivity index (χ1v) is 19.1. The van der Waals surface area contributed by atoms with Crippen molar-refractivity contribution in [2.24, 2.45) is 5.41 Å². The Morgan fingerprint density at radius 1 is 0.679 bits per heavy atom. The maximum atomic E-state index is 13.4. The molecule has 0 unspecified atom stereocenters. The van der Waals surface area contributed by atoms with Gasteiger partial charge in [-0.2, -0.15) is 13.2 Å². The van der Waals surface area contributed by atoms with E-state index in [-0.39, 0.29) is 23.1 Å². The number of halogens is 3. The van der Waals surface area contributed by atoms with Crippen molar-refractivity contribution in [2.45, 2.75) is 110 Å². The molecular weight excluding hydrogens is 685 g/mol. The summed E-state index contributed by atoms with van der Waals surface area (Å²) >= 11 is 0. The smallest absolute Gasteiger partial charge is 0.425 e. The summed E-state index contributed by atoms with van der Waals surface area (Å²) in [7, 11) is 0. The lowest BCUT2D eigenvalue weighted by molar-refractivity contribution is -0.206. The molecule has 0 spiro atoms. The number of benzene rings is 3. The molecule has 1 saturated heterocycles. The number of ether oxygens (including phenoxy) is 5. The molecule has 0 aliphatic carbocycles. The van der Waals surface area contributed by atoms with Crippen LogP contribution in [0, 0.1) is 5.41 Å². The Morgan fingerprint density at radius 2 is 1.19 bits per heavy atom. The summed E-state index contributed by atoms with van der Waals surface area (Å²) in [5.74, 6) is -0.718. The SMILES string of the molecule is CCCCCC[C@H](OC(=O)c1ccc(OC(=O)c2ccc(-c3ccc(OCCCCCCCCCCOCC4(C)COC4)cc3)cc2)cc1)C(F)(F)F. The Balaban J connectivity index is 1.10. The summed E-state index contributed by atoms with van der Waals surface area (Å²) in [5.41, 5.74) is 2.39. The van der Waals surface area contributed by atoms with Crippen LogP contribution in [0.5, 0.6) is 11.5 Å². The highest BCUT2D eigenvalue weighted by atomic mass is 19.4. The van der Waals surface area contributed by atoms with Crippen molar-refractivity contribution in [3.63, 3.8) is 0 Å². The van der Waals surface area contributed by atoms with Crippen molar-refractivity contribution in [3.8, 4) is 22.6 Å². The summed E-state index contributed by atoms with van der Waals surface area (Å²) in [6.45, 7) is 8.16. The zero-order valence-corrected chi connectivity index (χ0v) is 31.2. The van der Waals surface area contributed by atoms with Crippen LogP contribution in [-0.2, 0) is 14.2 Å². The van der Waals surface area contributed by atoms with Gasteiger partial charge in [0.15, 0.2) is 6.10 Å². The van der Waals surface area contributed by atoms with E-state index in [1.54, 1.807) is 12.1 Å². The second-order valence-corrected chi connectivity index (χ2v) is 14.3. The second kappa shape index (κ2) is 21.7. The summed E-state index contributed by atoms with van der Waals surface area (Å²) in [6, 6.07) is 20.1. The van der Waals surface area contributed by atoms with Crippen molar-refractivity contribution in [2.75, 3.05) is 33.0 Å². The highest BCUT2D eigenvalue weighted by Gasteiger charge is 2.42. The Kier molecular flexibility index (Phi) is 17.2. The molecule has 0 bridgehead atoms. The number of unbranched alkanes of at least 4 members (excludes halogenated alkanes) is 10. The van der Waals surface area contributed by atoms with Gasteiger partial charge >= 0.3 is 18.1 Å². The van der Waals surface area contributed by atoms with E-state index in [0.29, 0.717) is 25.0 Å². The third-order valence-corrected chi connectivity index (χ3v) is 9.35. The lowest BCUT2D eigenvalue weighted by atomic mass is 9.90. The highest BCUT2D eigenvalue weighted by Crippen LogP contribution is 2.29. The average Bonchev–Trinajstić information content (AvgIpc) is 3.14. The van der Waals surface area contributed by atoms with Crippen LogP contribution in [-0.4, -0.2) is 57.3 Å². The normalized spacial score (nSPS) is 14.3. The van der Waals surface area contributed by atoms with Crippen molar-refractivity contribution in [1.82, 2.24) is 0 Å². The molecule has 1 heterocycles. The largest absolute Gasteiger partial charge is 0.494 e. The number of esters is 2. The van der Waals surface area contributed by atoms with E-state index in [2.05, 4.69) is 6.92 Å². The molecule has 0 saturated carbocycles. The minimum atomic E-state index is -4.65. The Hall–Kier alpha value is -3.89. The van der Waals surface area contributed by atoms with Gasteiger partial charge in [0.25, 0.3) is 0 Å². The lowest BCUT2D eigenvalue weighted by Crippen LogP contribution is -2.43. The van der Waals surface area contributed by atoms with Crippen molar-refractivity contribution in [1.29, 1.82) is 0 Å². The molecule has 3 aromatic carbocycles. The minimum Gasteiger partial charge on any atom is -0.494 e. The summed E-state index contributed by atoms with van der Waals surface area (Å²) in [4.78, 5) is 25.2. The fourth-order valence-electron chi connectivity index (χ4n) is 6.02. The summed E-state index contributed by atoms with van der Waals surface area (Å²) < 4.78 is 67.5. The van der Waals surface area contributed by atoms with Gasteiger partial charge in [-0.15, -0.1) is 0 Å². The first-order valence-electron chi connectivity index (χ1n) is 19.1. The van der Waals surface area contributed by atoms with Crippen LogP contribution in [0.25, 0.3) is 11.1 Å². The zero-order valence-electron chi connectivity index (χ0n) is 31.2. The molecule has 290 valence electrons. The Labute approximate surface area is 312 Å². The molecule has 1 fully saturated rings. The third kappa shape index (κ3) is 14.8. The van der Waals surface area contributed by atoms with Gasteiger partial charge in [-0.3, -0.25) is 0 Å². The average molecular weight is 741 g/mol. The second-order valence-electron chi connectivity index (χ2n) is 14.3. The number of rotatable bonds is 24. The zero-order chi connectivity index (χ0) is 37.9. The van der Waals surface area contributed by atoms with E-state index in [9.17, 15) is 22.8 Å². The first kappa shape index (κ1) is 41.9. The van der Waals surface area contributed by atoms with Crippen LogP contribution in [0.3, 0.4) is 0 Å². The van der Waals surface area contributed by atoms with Gasteiger partial charge in [-0.25, -0.2) is 9.59 Å². The number of carbonyl (C=O) groups excluding carboxylic acids is 2. The fraction of sp³-hybridized carbons (Fsp3) is 0.535. The van der Waals surface area contributed by atoms with Crippen molar-refractivity contribution in [3.05, 3.63) is 83.9 Å². The monoisotopic (exact) mass is 740 g/mol. The number of hydrogen-bond donors (Lipinski definition) is 0. The molecule has 4 rings (SSSR count). The van der Waals surface area contributed by atoms with Gasteiger partial charge in [0.05, 0.1) is 37.6 Å². The fourth-order valence-corrected chi connectivity index (χ4v) is 6.02. The van der Waals surface area contributed by atoms with Gasteiger partial charge < -0.3 is 23.7 Å². The van der Waals surface area contributed by atoms with Gasteiger partial charge in [0.1, 0.15) is 11.5 Å². The third-order valence-electron chi connectivity index (χ3n) is 9.35.